The molecule has 0 aromatic carbocycles. The van der Waals surface area contributed by atoms with Crippen molar-refractivity contribution in [2.75, 3.05) is 33.7 Å². The molecule has 0 aliphatic rings. The van der Waals surface area contributed by atoms with Crippen LogP contribution in [0.15, 0.2) is 22.9 Å². The van der Waals surface area contributed by atoms with Gasteiger partial charge in [0.1, 0.15) is 0 Å². The zero-order valence-corrected chi connectivity index (χ0v) is 12.8. The molecule has 0 amide bonds. The highest BCUT2D eigenvalue weighted by atomic mass is 15.2. The van der Waals surface area contributed by atoms with Crippen LogP contribution in [0.5, 0.6) is 0 Å². The Kier molecular flexibility index (Phi) is 7.98. The van der Waals surface area contributed by atoms with Crippen LogP contribution in [0.25, 0.3) is 0 Å². The topological polar surface area (TPSA) is 6.48 Å². The molecule has 2 nitrogen and oxygen atoms in total. The molecule has 0 unspecified atom stereocenters. The summed E-state index contributed by atoms with van der Waals surface area (Å²) in [4.78, 5) is 4.69. The van der Waals surface area contributed by atoms with Crippen molar-refractivity contribution in [3.8, 4) is 0 Å². The van der Waals surface area contributed by atoms with Gasteiger partial charge in [0.15, 0.2) is 0 Å². The van der Waals surface area contributed by atoms with Crippen LogP contribution < -0.4 is 0 Å². The fourth-order valence-corrected chi connectivity index (χ4v) is 1.52. The van der Waals surface area contributed by atoms with Crippen LogP contribution in [0, 0.1) is 0 Å². The number of likely N-dealkylation sites (N-methyl/N-ethyl adjacent to an activating group) is 2. The van der Waals surface area contributed by atoms with Gasteiger partial charge >= 0.3 is 0 Å². The lowest BCUT2D eigenvalue weighted by molar-refractivity contribution is 0.296. The summed E-state index contributed by atoms with van der Waals surface area (Å²) in [7, 11) is 4.35. The minimum Gasteiger partial charge on any atom is -0.377 e. The summed E-state index contributed by atoms with van der Waals surface area (Å²) in [6.45, 7) is 14.3. The summed E-state index contributed by atoms with van der Waals surface area (Å²) >= 11 is 0. The zero-order chi connectivity index (χ0) is 13.4. The summed E-state index contributed by atoms with van der Waals surface area (Å²) in [6, 6.07) is 0. The van der Waals surface area contributed by atoms with E-state index in [2.05, 4.69) is 64.6 Å². The third-order valence-electron chi connectivity index (χ3n) is 3.52. The first-order valence-corrected chi connectivity index (χ1v) is 6.66. The van der Waals surface area contributed by atoms with Gasteiger partial charge in [-0.3, -0.25) is 0 Å². The van der Waals surface area contributed by atoms with Gasteiger partial charge in [0, 0.05) is 25.8 Å². The Morgan fingerprint density at radius 2 is 1.59 bits per heavy atom. The normalized spacial score (nSPS) is 14.0. The largest absolute Gasteiger partial charge is 0.377 e. The summed E-state index contributed by atoms with van der Waals surface area (Å²) in [5.41, 5.74) is 4.20. The standard InChI is InChI=1S/C15H30N2/c1-8-13(3)12-14(4)15(5)17(7)11-10-16(6)9-2/h12H,8-11H2,1-7H3. The van der Waals surface area contributed by atoms with Crippen molar-refractivity contribution in [1.82, 2.24) is 9.80 Å². The molecule has 0 bridgehead atoms. The lowest BCUT2D eigenvalue weighted by Gasteiger charge is -2.24. The molecule has 0 heterocycles. The highest BCUT2D eigenvalue weighted by Crippen LogP contribution is 2.12. The molecule has 100 valence electrons. The van der Waals surface area contributed by atoms with E-state index in [4.69, 9.17) is 0 Å². The van der Waals surface area contributed by atoms with Crippen molar-refractivity contribution in [2.45, 2.75) is 41.0 Å². The molecule has 0 saturated heterocycles. The minimum atomic E-state index is 1.09. The van der Waals surface area contributed by atoms with Crippen molar-refractivity contribution < 1.29 is 0 Å². The van der Waals surface area contributed by atoms with Crippen LogP contribution in [0.2, 0.25) is 0 Å². The maximum absolute atomic E-state index is 2.35. The fourth-order valence-electron chi connectivity index (χ4n) is 1.52. The maximum Gasteiger partial charge on any atom is 0.0299 e. The zero-order valence-electron chi connectivity index (χ0n) is 12.8. The van der Waals surface area contributed by atoms with Crippen molar-refractivity contribution >= 4 is 0 Å². The Balaban J connectivity index is 4.46. The van der Waals surface area contributed by atoms with E-state index in [1.54, 1.807) is 0 Å². The van der Waals surface area contributed by atoms with E-state index in [1.807, 2.05) is 0 Å². The van der Waals surface area contributed by atoms with E-state index < -0.39 is 0 Å². The summed E-state index contributed by atoms with van der Waals surface area (Å²) < 4.78 is 0. The van der Waals surface area contributed by atoms with Crippen LogP contribution in [0.1, 0.15) is 41.0 Å². The average molecular weight is 238 g/mol. The Hall–Kier alpha value is -0.760. The lowest BCUT2D eigenvalue weighted by atomic mass is 10.1. The van der Waals surface area contributed by atoms with Crippen molar-refractivity contribution in [3.63, 3.8) is 0 Å². The van der Waals surface area contributed by atoms with Gasteiger partial charge in [-0.1, -0.05) is 25.5 Å². The molecule has 2 heteroatoms. The van der Waals surface area contributed by atoms with Crippen molar-refractivity contribution in [2.24, 2.45) is 0 Å². The summed E-state index contributed by atoms with van der Waals surface area (Å²) in [5.74, 6) is 0. The maximum atomic E-state index is 2.35. The summed E-state index contributed by atoms with van der Waals surface area (Å²) in [5, 5.41) is 0. The fraction of sp³-hybridized carbons (Fsp3) is 0.733. The molecular weight excluding hydrogens is 208 g/mol. The molecule has 0 aliphatic carbocycles. The minimum absolute atomic E-state index is 1.09. The van der Waals surface area contributed by atoms with Crippen LogP contribution in [0.4, 0.5) is 0 Å². The van der Waals surface area contributed by atoms with Gasteiger partial charge in [0.05, 0.1) is 0 Å². The molecule has 0 fully saturated rings. The highest BCUT2D eigenvalue weighted by molar-refractivity contribution is 5.24. The average Bonchev–Trinajstić information content (AvgIpc) is 2.33. The van der Waals surface area contributed by atoms with E-state index in [0.29, 0.717) is 0 Å². The molecule has 0 aromatic heterocycles. The summed E-state index contributed by atoms with van der Waals surface area (Å²) in [6.07, 6.45) is 3.43. The van der Waals surface area contributed by atoms with Gasteiger partial charge < -0.3 is 9.80 Å². The third-order valence-corrected chi connectivity index (χ3v) is 3.52. The third kappa shape index (κ3) is 6.52. The predicted molar refractivity (Wildman–Crippen MR) is 78.2 cm³/mol. The second-order valence-electron chi connectivity index (χ2n) is 4.93. The first-order chi connectivity index (χ1) is 7.92. The highest BCUT2D eigenvalue weighted by Gasteiger charge is 2.03. The van der Waals surface area contributed by atoms with Gasteiger partial charge in [-0.2, -0.15) is 0 Å². The van der Waals surface area contributed by atoms with E-state index >= 15 is 0 Å². The molecule has 0 spiro atoms. The number of nitrogens with zero attached hydrogens (tertiary/aromatic N) is 2. The van der Waals surface area contributed by atoms with Crippen molar-refractivity contribution in [3.05, 3.63) is 22.9 Å². The van der Waals surface area contributed by atoms with E-state index in [0.717, 1.165) is 26.1 Å². The van der Waals surface area contributed by atoms with E-state index in [-0.39, 0.29) is 0 Å². The smallest absolute Gasteiger partial charge is 0.0299 e. The molecule has 0 radical (unpaired) electrons. The molecule has 0 aromatic rings. The lowest BCUT2D eigenvalue weighted by Crippen LogP contribution is -2.30. The first kappa shape index (κ1) is 16.2. The Morgan fingerprint density at radius 1 is 1.00 bits per heavy atom. The molecule has 0 atom stereocenters. The molecule has 0 N–H and O–H groups in total. The van der Waals surface area contributed by atoms with Crippen LogP contribution in [-0.2, 0) is 0 Å². The van der Waals surface area contributed by atoms with Gasteiger partial charge in [0.25, 0.3) is 0 Å². The number of rotatable bonds is 7. The van der Waals surface area contributed by atoms with Gasteiger partial charge in [-0.05, 0) is 46.4 Å². The van der Waals surface area contributed by atoms with Gasteiger partial charge in [-0.25, -0.2) is 0 Å². The quantitative estimate of drug-likeness (QED) is 0.626. The number of allylic oxidation sites excluding steroid dienone is 4. The van der Waals surface area contributed by atoms with Crippen LogP contribution in [-0.4, -0.2) is 43.5 Å². The SMILES string of the molecule is CCC(C)=CC(C)=C(C)N(C)CCN(C)CC. The van der Waals surface area contributed by atoms with E-state index in [1.165, 1.54) is 16.8 Å². The Morgan fingerprint density at radius 3 is 2.06 bits per heavy atom. The second kappa shape index (κ2) is 8.35. The number of hydrogen-bond donors (Lipinski definition) is 0. The molecule has 0 rings (SSSR count). The van der Waals surface area contributed by atoms with Crippen LogP contribution >= 0.6 is 0 Å². The van der Waals surface area contributed by atoms with Gasteiger partial charge in [0.2, 0.25) is 0 Å². The molecule has 17 heavy (non-hydrogen) atoms. The Bertz CT molecular complexity index is 277. The van der Waals surface area contributed by atoms with Gasteiger partial charge in [-0.15, -0.1) is 0 Å². The molecular formula is C15H30N2. The monoisotopic (exact) mass is 238 g/mol. The van der Waals surface area contributed by atoms with Crippen LogP contribution in [0.3, 0.4) is 0 Å². The molecule has 0 saturated carbocycles. The van der Waals surface area contributed by atoms with E-state index in [9.17, 15) is 0 Å². The number of hydrogen-bond acceptors (Lipinski definition) is 2. The second-order valence-corrected chi connectivity index (χ2v) is 4.93. The molecule has 0 aliphatic heterocycles. The van der Waals surface area contributed by atoms with Crippen molar-refractivity contribution in [1.29, 1.82) is 0 Å². The Labute approximate surface area is 108 Å². The first-order valence-electron chi connectivity index (χ1n) is 6.66. The predicted octanol–water partition coefficient (Wildman–Crippen LogP) is 3.52.